The number of ether oxygens (including phenoxy) is 1. The fraction of sp³-hybridized carbons (Fsp3) is 0.909. The van der Waals surface area contributed by atoms with Gasteiger partial charge in [0.15, 0.2) is 0 Å². The number of nitrogens with zero attached hydrogens (tertiary/aromatic N) is 1. The lowest BCUT2D eigenvalue weighted by molar-refractivity contribution is -0.918. The van der Waals surface area contributed by atoms with Crippen molar-refractivity contribution in [1.82, 2.24) is 0 Å². The van der Waals surface area contributed by atoms with E-state index in [1.165, 1.54) is 0 Å². The number of Topliss-reactive ketones (excluding diaryl/α,β-unsaturated/α-hetero) is 1. The maximum absolute atomic E-state index is 11.5. The highest BCUT2D eigenvalue weighted by atomic mass is 35.5. The summed E-state index contributed by atoms with van der Waals surface area (Å²) in [5, 5.41) is 0. The van der Waals surface area contributed by atoms with Gasteiger partial charge in [0.1, 0.15) is 18.9 Å². The Balaban J connectivity index is 0.00000196. The van der Waals surface area contributed by atoms with Crippen LogP contribution in [0.5, 0.6) is 0 Å². The minimum Gasteiger partial charge on any atom is -1.00 e. The van der Waals surface area contributed by atoms with Crippen LogP contribution in [0.4, 0.5) is 0 Å². The van der Waals surface area contributed by atoms with Gasteiger partial charge in [0.2, 0.25) is 0 Å². The van der Waals surface area contributed by atoms with Crippen LogP contribution >= 0.6 is 0 Å². The van der Waals surface area contributed by atoms with Crippen LogP contribution < -0.4 is 12.4 Å². The molecule has 0 amide bonds. The quantitative estimate of drug-likeness (QED) is 0.532. The number of morpholine rings is 1. The normalized spacial score (nSPS) is 21.5. The molecule has 1 fully saturated rings. The molecule has 1 aliphatic rings. The lowest BCUT2D eigenvalue weighted by Crippen LogP contribution is -3.00. The summed E-state index contributed by atoms with van der Waals surface area (Å²) in [4.78, 5) is 11.5. The summed E-state index contributed by atoms with van der Waals surface area (Å²) in [6.07, 6.45) is 0.664. The van der Waals surface area contributed by atoms with Crippen LogP contribution in [0.15, 0.2) is 0 Å². The van der Waals surface area contributed by atoms with E-state index < -0.39 is 0 Å². The van der Waals surface area contributed by atoms with E-state index in [-0.39, 0.29) is 18.3 Å². The molecule has 0 saturated carbocycles. The highest BCUT2D eigenvalue weighted by molar-refractivity contribution is 5.80. The summed E-state index contributed by atoms with van der Waals surface area (Å²) in [6.45, 7) is 8.72. The number of carbonyl (C=O) groups is 1. The third kappa shape index (κ3) is 4.49. The van der Waals surface area contributed by atoms with Gasteiger partial charge in [-0.25, -0.2) is 0 Å². The number of likely N-dealkylation sites (N-methyl/N-ethyl adjacent to an activating group) is 1. The molecule has 0 aromatic carbocycles. The SMILES string of the molecule is CCC(=O)C(C)C[N+]1(C)CCOCC1.[Cl-]. The lowest BCUT2D eigenvalue weighted by atomic mass is 10.0. The predicted octanol–water partition coefficient (Wildman–Crippen LogP) is -1.92. The van der Waals surface area contributed by atoms with Gasteiger partial charge >= 0.3 is 0 Å². The van der Waals surface area contributed by atoms with Crippen LogP contribution in [0.1, 0.15) is 20.3 Å². The Morgan fingerprint density at radius 3 is 2.40 bits per heavy atom. The van der Waals surface area contributed by atoms with Crippen LogP contribution in [0.3, 0.4) is 0 Å². The Morgan fingerprint density at radius 2 is 1.93 bits per heavy atom. The molecule has 0 aromatic heterocycles. The van der Waals surface area contributed by atoms with Gasteiger partial charge in [-0.15, -0.1) is 0 Å². The number of hydrogen-bond donors (Lipinski definition) is 0. The zero-order valence-electron chi connectivity index (χ0n) is 9.96. The Labute approximate surface area is 98.8 Å². The van der Waals surface area contributed by atoms with Gasteiger partial charge in [0.05, 0.1) is 32.7 Å². The number of hydrogen-bond acceptors (Lipinski definition) is 2. The Hall–Kier alpha value is -0.120. The number of halogens is 1. The van der Waals surface area contributed by atoms with E-state index in [2.05, 4.69) is 7.05 Å². The molecule has 0 radical (unpaired) electrons. The van der Waals surface area contributed by atoms with E-state index in [9.17, 15) is 4.79 Å². The van der Waals surface area contributed by atoms with Gasteiger partial charge in [0, 0.05) is 6.42 Å². The molecule has 1 heterocycles. The van der Waals surface area contributed by atoms with Gasteiger partial charge in [0.25, 0.3) is 0 Å². The molecule has 1 rings (SSSR count). The van der Waals surface area contributed by atoms with Crippen LogP contribution in [-0.2, 0) is 9.53 Å². The first-order chi connectivity index (χ1) is 6.57. The smallest absolute Gasteiger partial charge is 0.141 e. The summed E-state index contributed by atoms with van der Waals surface area (Å²) >= 11 is 0. The van der Waals surface area contributed by atoms with E-state index in [1.54, 1.807) is 0 Å². The summed E-state index contributed by atoms with van der Waals surface area (Å²) in [6, 6.07) is 0. The average Bonchev–Trinajstić information content (AvgIpc) is 2.17. The van der Waals surface area contributed by atoms with Crippen molar-refractivity contribution in [2.75, 3.05) is 39.9 Å². The first kappa shape index (κ1) is 14.9. The second-order valence-corrected chi connectivity index (χ2v) is 4.58. The summed E-state index contributed by atoms with van der Waals surface area (Å²) in [5.74, 6) is 0.582. The van der Waals surface area contributed by atoms with Crippen molar-refractivity contribution < 1.29 is 26.4 Å². The van der Waals surface area contributed by atoms with E-state index in [0.29, 0.717) is 12.2 Å². The molecule has 1 aliphatic heterocycles. The van der Waals surface area contributed by atoms with Crippen molar-refractivity contribution in [2.24, 2.45) is 5.92 Å². The zero-order chi connectivity index (χ0) is 10.6. The molecule has 90 valence electrons. The van der Waals surface area contributed by atoms with E-state index in [4.69, 9.17) is 4.74 Å². The Bertz CT molecular complexity index is 203. The molecule has 4 heteroatoms. The molecule has 1 atom stereocenters. The van der Waals surface area contributed by atoms with Gasteiger partial charge < -0.3 is 21.6 Å². The van der Waals surface area contributed by atoms with Crippen LogP contribution in [-0.4, -0.2) is 50.2 Å². The van der Waals surface area contributed by atoms with Crippen molar-refractivity contribution >= 4 is 5.78 Å². The topological polar surface area (TPSA) is 26.3 Å². The van der Waals surface area contributed by atoms with Crippen molar-refractivity contribution in [1.29, 1.82) is 0 Å². The van der Waals surface area contributed by atoms with Crippen molar-refractivity contribution in [2.45, 2.75) is 20.3 Å². The van der Waals surface area contributed by atoms with Gasteiger partial charge in [-0.05, 0) is 0 Å². The third-order valence-electron chi connectivity index (χ3n) is 3.16. The fourth-order valence-electron chi connectivity index (χ4n) is 2.08. The Morgan fingerprint density at radius 1 is 1.40 bits per heavy atom. The summed E-state index contributed by atoms with van der Waals surface area (Å²) in [5.41, 5.74) is 0. The van der Waals surface area contributed by atoms with Crippen LogP contribution in [0.25, 0.3) is 0 Å². The van der Waals surface area contributed by atoms with Crippen molar-refractivity contribution in [3.63, 3.8) is 0 Å². The largest absolute Gasteiger partial charge is 1.00 e. The first-order valence-corrected chi connectivity index (χ1v) is 5.51. The van der Waals surface area contributed by atoms with Gasteiger partial charge in [-0.2, -0.15) is 0 Å². The molecular formula is C11H22ClNO2. The van der Waals surface area contributed by atoms with E-state index >= 15 is 0 Å². The predicted molar refractivity (Wildman–Crippen MR) is 56.1 cm³/mol. The second-order valence-electron chi connectivity index (χ2n) is 4.58. The van der Waals surface area contributed by atoms with Crippen LogP contribution in [0.2, 0.25) is 0 Å². The lowest BCUT2D eigenvalue weighted by Gasteiger charge is -2.39. The molecule has 0 aromatic rings. The Kier molecular flexibility index (Phi) is 6.41. The maximum Gasteiger partial charge on any atom is 0.141 e. The molecule has 0 aliphatic carbocycles. The standard InChI is InChI=1S/C11H22NO2.ClH/c1-4-11(13)10(2)9-12(3)5-7-14-8-6-12;/h10H,4-9H2,1-3H3;1H/q+1;/p-1. The number of ketones is 1. The number of carbonyl (C=O) groups excluding carboxylic acids is 1. The van der Waals surface area contributed by atoms with Crippen molar-refractivity contribution in [3.8, 4) is 0 Å². The second kappa shape index (κ2) is 6.46. The molecule has 1 saturated heterocycles. The molecule has 15 heavy (non-hydrogen) atoms. The fourth-order valence-corrected chi connectivity index (χ4v) is 2.08. The average molecular weight is 236 g/mol. The number of quaternary nitrogens is 1. The van der Waals surface area contributed by atoms with Crippen LogP contribution in [0, 0.1) is 5.92 Å². The monoisotopic (exact) mass is 235 g/mol. The summed E-state index contributed by atoms with van der Waals surface area (Å²) in [7, 11) is 2.22. The minimum atomic E-state index is 0. The zero-order valence-corrected chi connectivity index (χ0v) is 10.7. The minimum absolute atomic E-state index is 0. The highest BCUT2D eigenvalue weighted by Crippen LogP contribution is 2.13. The molecular weight excluding hydrogens is 214 g/mol. The van der Waals surface area contributed by atoms with E-state index in [0.717, 1.165) is 37.3 Å². The molecule has 0 bridgehead atoms. The maximum atomic E-state index is 11.5. The molecule has 3 nitrogen and oxygen atoms in total. The molecule has 0 spiro atoms. The molecule has 1 unspecified atom stereocenters. The van der Waals surface area contributed by atoms with Gasteiger partial charge in [-0.3, -0.25) is 4.79 Å². The van der Waals surface area contributed by atoms with Crippen molar-refractivity contribution in [3.05, 3.63) is 0 Å². The third-order valence-corrected chi connectivity index (χ3v) is 3.16. The van der Waals surface area contributed by atoms with E-state index in [1.807, 2.05) is 13.8 Å². The first-order valence-electron chi connectivity index (χ1n) is 5.51. The number of rotatable bonds is 4. The molecule has 0 N–H and O–H groups in total. The summed E-state index contributed by atoms with van der Waals surface area (Å²) < 4.78 is 6.33. The van der Waals surface area contributed by atoms with Gasteiger partial charge in [-0.1, -0.05) is 13.8 Å². The highest BCUT2D eigenvalue weighted by Gasteiger charge is 2.29.